The standard InChI is InChI=1S/C14H21N3O/c1-10-5-3-4-8-17(10)13-7-6-11(16-2)9-12(13)14(15)18/h6-7,9-10,16H,3-5,8H2,1-2H3,(H2,15,18). The maximum atomic E-state index is 11.6. The predicted octanol–water partition coefficient (Wildman–Crippen LogP) is 2.21. The lowest BCUT2D eigenvalue weighted by Gasteiger charge is -2.36. The molecule has 1 atom stereocenters. The molecule has 1 fully saturated rings. The van der Waals surface area contributed by atoms with E-state index in [4.69, 9.17) is 5.73 Å². The highest BCUT2D eigenvalue weighted by Crippen LogP contribution is 2.29. The zero-order valence-electron chi connectivity index (χ0n) is 11.1. The molecule has 0 radical (unpaired) electrons. The highest BCUT2D eigenvalue weighted by Gasteiger charge is 2.22. The number of nitrogens with one attached hydrogen (secondary N) is 1. The van der Waals surface area contributed by atoms with E-state index in [0.717, 1.165) is 17.9 Å². The van der Waals surface area contributed by atoms with Crippen molar-refractivity contribution in [2.75, 3.05) is 23.8 Å². The summed E-state index contributed by atoms with van der Waals surface area (Å²) >= 11 is 0. The molecular formula is C14H21N3O. The minimum absolute atomic E-state index is 0.361. The van der Waals surface area contributed by atoms with Crippen molar-refractivity contribution in [3.8, 4) is 0 Å². The fourth-order valence-corrected chi connectivity index (χ4v) is 2.60. The van der Waals surface area contributed by atoms with E-state index in [-0.39, 0.29) is 5.91 Å². The minimum atomic E-state index is -0.361. The Morgan fingerprint density at radius 2 is 2.22 bits per heavy atom. The van der Waals surface area contributed by atoms with Crippen LogP contribution >= 0.6 is 0 Å². The number of carbonyl (C=O) groups excluding carboxylic acids is 1. The van der Waals surface area contributed by atoms with Crippen molar-refractivity contribution in [3.05, 3.63) is 23.8 Å². The molecule has 1 aromatic rings. The lowest BCUT2D eigenvalue weighted by atomic mass is 10.0. The smallest absolute Gasteiger partial charge is 0.250 e. The van der Waals surface area contributed by atoms with Crippen molar-refractivity contribution in [1.82, 2.24) is 0 Å². The Hall–Kier alpha value is -1.71. The van der Waals surface area contributed by atoms with Gasteiger partial charge in [0.2, 0.25) is 0 Å². The van der Waals surface area contributed by atoms with Crippen molar-refractivity contribution in [3.63, 3.8) is 0 Å². The Kier molecular flexibility index (Phi) is 3.75. The highest BCUT2D eigenvalue weighted by atomic mass is 16.1. The van der Waals surface area contributed by atoms with Crippen LogP contribution in [0.5, 0.6) is 0 Å². The van der Waals surface area contributed by atoms with Crippen molar-refractivity contribution in [2.24, 2.45) is 5.73 Å². The lowest BCUT2D eigenvalue weighted by molar-refractivity contribution is 0.100. The Labute approximate surface area is 108 Å². The fraction of sp³-hybridized carbons (Fsp3) is 0.500. The Morgan fingerprint density at radius 1 is 1.44 bits per heavy atom. The van der Waals surface area contributed by atoms with Gasteiger partial charge in [-0.2, -0.15) is 0 Å². The van der Waals surface area contributed by atoms with Crippen molar-refractivity contribution < 1.29 is 4.79 Å². The molecule has 1 heterocycles. The molecule has 2 rings (SSSR count). The summed E-state index contributed by atoms with van der Waals surface area (Å²) in [6.45, 7) is 3.20. The van der Waals surface area contributed by atoms with Crippen molar-refractivity contribution in [2.45, 2.75) is 32.2 Å². The van der Waals surface area contributed by atoms with Gasteiger partial charge in [0, 0.05) is 31.0 Å². The summed E-state index contributed by atoms with van der Waals surface area (Å²) in [5.41, 5.74) is 7.98. The van der Waals surface area contributed by atoms with Crippen LogP contribution in [0.3, 0.4) is 0 Å². The van der Waals surface area contributed by atoms with E-state index in [2.05, 4.69) is 17.1 Å². The third-order valence-corrected chi connectivity index (χ3v) is 3.66. The average Bonchev–Trinajstić information content (AvgIpc) is 2.38. The van der Waals surface area contributed by atoms with Gasteiger partial charge in [-0.3, -0.25) is 4.79 Å². The third kappa shape index (κ3) is 2.42. The number of piperidine rings is 1. The number of nitrogens with zero attached hydrogens (tertiary/aromatic N) is 1. The number of hydrogen-bond donors (Lipinski definition) is 2. The molecule has 0 aromatic heterocycles. The number of benzene rings is 1. The summed E-state index contributed by atoms with van der Waals surface area (Å²) in [5.74, 6) is -0.361. The van der Waals surface area contributed by atoms with Gasteiger partial charge in [0.05, 0.1) is 5.56 Å². The van der Waals surface area contributed by atoms with Crippen LogP contribution in [0.25, 0.3) is 0 Å². The van der Waals surface area contributed by atoms with Gasteiger partial charge in [0.15, 0.2) is 0 Å². The molecule has 1 aliphatic rings. The van der Waals surface area contributed by atoms with Crippen molar-refractivity contribution >= 4 is 17.3 Å². The largest absolute Gasteiger partial charge is 0.388 e. The molecule has 1 saturated heterocycles. The van der Waals surface area contributed by atoms with E-state index in [0.29, 0.717) is 11.6 Å². The zero-order valence-corrected chi connectivity index (χ0v) is 11.1. The molecule has 0 aliphatic carbocycles. The molecule has 3 N–H and O–H groups in total. The molecule has 0 bridgehead atoms. The summed E-state index contributed by atoms with van der Waals surface area (Å²) in [5, 5.41) is 3.04. The van der Waals surface area contributed by atoms with E-state index in [1.807, 2.05) is 25.2 Å². The number of anilines is 2. The topological polar surface area (TPSA) is 58.4 Å². The van der Waals surface area contributed by atoms with Crippen LogP contribution in [0, 0.1) is 0 Å². The molecule has 1 unspecified atom stereocenters. The van der Waals surface area contributed by atoms with Gasteiger partial charge in [-0.05, 0) is 44.4 Å². The summed E-state index contributed by atoms with van der Waals surface area (Å²) < 4.78 is 0. The van der Waals surface area contributed by atoms with Gasteiger partial charge in [0.25, 0.3) is 5.91 Å². The molecule has 98 valence electrons. The van der Waals surface area contributed by atoms with Crippen LogP contribution in [0.2, 0.25) is 0 Å². The van der Waals surface area contributed by atoms with Gasteiger partial charge >= 0.3 is 0 Å². The second-order valence-corrected chi connectivity index (χ2v) is 4.88. The Balaban J connectivity index is 2.39. The predicted molar refractivity (Wildman–Crippen MR) is 75.2 cm³/mol. The fourth-order valence-electron chi connectivity index (χ4n) is 2.60. The highest BCUT2D eigenvalue weighted by molar-refractivity contribution is 5.99. The quantitative estimate of drug-likeness (QED) is 0.861. The summed E-state index contributed by atoms with van der Waals surface area (Å²) in [4.78, 5) is 13.9. The maximum absolute atomic E-state index is 11.6. The molecular weight excluding hydrogens is 226 g/mol. The summed E-state index contributed by atoms with van der Waals surface area (Å²) in [6.07, 6.45) is 3.61. The van der Waals surface area contributed by atoms with E-state index in [1.165, 1.54) is 19.3 Å². The van der Waals surface area contributed by atoms with Crippen LogP contribution in [0.4, 0.5) is 11.4 Å². The average molecular weight is 247 g/mol. The summed E-state index contributed by atoms with van der Waals surface area (Å²) in [6, 6.07) is 6.29. The third-order valence-electron chi connectivity index (χ3n) is 3.66. The Bertz CT molecular complexity index is 445. The molecule has 1 aromatic carbocycles. The number of carbonyl (C=O) groups is 1. The van der Waals surface area contributed by atoms with E-state index < -0.39 is 0 Å². The van der Waals surface area contributed by atoms with E-state index in [9.17, 15) is 4.79 Å². The first-order valence-electron chi connectivity index (χ1n) is 6.51. The van der Waals surface area contributed by atoms with Crippen LogP contribution in [-0.4, -0.2) is 25.5 Å². The maximum Gasteiger partial charge on any atom is 0.250 e. The summed E-state index contributed by atoms with van der Waals surface area (Å²) in [7, 11) is 1.84. The molecule has 0 saturated carbocycles. The number of primary amides is 1. The first kappa shape index (κ1) is 12.7. The van der Waals surface area contributed by atoms with Gasteiger partial charge in [-0.25, -0.2) is 0 Å². The molecule has 18 heavy (non-hydrogen) atoms. The second-order valence-electron chi connectivity index (χ2n) is 4.88. The first-order valence-corrected chi connectivity index (χ1v) is 6.51. The molecule has 4 nitrogen and oxygen atoms in total. The van der Waals surface area contributed by atoms with Crippen LogP contribution < -0.4 is 16.0 Å². The number of rotatable bonds is 3. The number of amides is 1. The number of hydrogen-bond acceptors (Lipinski definition) is 3. The van der Waals surface area contributed by atoms with Gasteiger partial charge < -0.3 is 16.0 Å². The molecule has 4 heteroatoms. The monoisotopic (exact) mass is 247 g/mol. The van der Waals surface area contributed by atoms with Crippen molar-refractivity contribution in [1.29, 1.82) is 0 Å². The van der Waals surface area contributed by atoms with Crippen LogP contribution in [0.1, 0.15) is 36.5 Å². The second kappa shape index (κ2) is 5.29. The SMILES string of the molecule is CNc1ccc(N2CCCCC2C)c(C(N)=O)c1. The van der Waals surface area contributed by atoms with E-state index >= 15 is 0 Å². The van der Waals surface area contributed by atoms with Gasteiger partial charge in [-0.1, -0.05) is 0 Å². The van der Waals surface area contributed by atoms with E-state index in [1.54, 1.807) is 0 Å². The number of nitrogens with two attached hydrogens (primary N) is 1. The Morgan fingerprint density at radius 3 is 2.83 bits per heavy atom. The van der Waals surface area contributed by atoms with Crippen LogP contribution in [0.15, 0.2) is 18.2 Å². The van der Waals surface area contributed by atoms with Crippen LogP contribution in [-0.2, 0) is 0 Å². The zero-order chi connectivity index (χ0) is 13.1. The lowest BCUT2D eigenvalue weighted by Crippen LogP contribution is -2.38. The normalized spacial score (nSPS) is 19.7. The molecule has 0 spiro atoms. The van der Waals surface area contributed by atoms with Gasteiger partial charge in [-0.15, -0.1) is 0 Å². The minimum Gasteiger partial charge on any atom is -0.388 e. The molecule has 1 amide bonds. The van der Waals surface area contributed by atoms with Gasteiger partial charge in [0.1, 0.15) is 0 Å². The first-order chi connectivity index (χ1) is 8.63. The molecule has 1 aliphatic heterocycles.